The van der Waals surface area contributed by atoms with Crippen LogP contribution in [0.5, 0.6) is 0 Å². The largest absolute Gasteiger partial charge is 0.205 e. The van der Waals surface area contributed by atoms with E-state index in [0.29, 0.717) is 0 Å². The lowest BCUT2D eigenvalue weighted by atomic mass is 9.93. The number of fused-ring (bicyclic) bond motifs is 3. The molecule has 0 spiro atoms. The lowest BCUT2D eigenvalue weighted by Gasteiger charge is -2.11. The molecule has 2 heteroatoms. The molecule has 6 aromatic rings. The Labute approximate surface area is 265 Å². The standard InChI is InChI=1S/C43H32N2/c1-30-13-9-11-19-42(30)44-28-40(32-15-5-3-6-16-32)36-23-21-34-25-35-22-24-37(27-39(35)38(34)26-36)41(33-17-7-4-8-18-33)29-45-43-20-12-10-14-31(43)2/h3-24,26-27H,25H2,1-2H3. The highest BCUT2D eigenvalue weighted by Gasteiger charge is 2.21. The molecule has 0 N–H and O–H groups in total. The van der Waals surface area contributed by atoms with Crippen LogP contribution in [0.3, 0.4) is 0 Å². The van der Waals surface area contributed by atoms with E-state index in [2.05, 4.69) is 123 Å². The smallest absolute Gasteiger partial charge is 0.0759 e. The summed E-state index contributed by atoms with van der Waals surface area (Å²) in [5.41, 5.74) is 15.6. The molecule has 7 rings (SSSR count). The van der Waals surface area contributed by atoms with Gasteiger partial charge in [0.05, 0.1) is 22.5 Å². The Morgan fingerprint density at radius 2 is 0.844 bits per heavy atom. The third kappa shape index (κ3) is 5.90. The molecule has 0 unspecified atom stereocenters. The summed E-state index contributed by atoms with van der Waals surface area (Å²) in [6.07, 6.45) is 0.911. The Kier molecular flexibility index (Phi) is 7.75. The first-order valence-corrected chi connectivity index (χ1v) is 15.3. The first kappa shape index (κ1) is 28.0. The van der Waals surface area contributed by atoms with Gasteiger partial charge in [-0.3, -0.25) is 0 Å². The van der Waals surface area contributed by atoms with Crippen molar-refractivity contribution in [3.05, 3.63) is 190 Å². The van der Waals surface area contributed by atoms with Crippen molar-refractivity contribution in [2.24, 2.45) is 9.98 Å². The van der Waals surface area contributed by atoms with Gasteiger partial charge in [-0.05, 0) is 112 Å². The van der Waals surface area contributed by atoms with E-state index in [9.17, 15) is 0 Å². The molecule has 0 heterocycles. The summed E-state index contributed by atoms with van der Waals surface area (Å²) in [7, 11) is 0. The van der Waals surface area contributed by atoms with Crippen LogP contribution in [0.15, 0.2) is 156 Å². The summed E-state index contributed by atoms with van der Waals surface area (Å²) in [6, 6.07) is 50.7. The molecule has 0 bridgehead atoms. The Hall–Kier alpha value is -5.78. The van der Waals surface area contributed by atoms with E-state index in [0.717, 1.165) is 62.3 Å². The van der Waals surface area contributed by atoms with E-state index in [1.54, 1.807) is 0 Å². The zero-order chi connectivity index (χ0) is 30.6. The van der Waals surface area contributed by atoms with Gasteiger partial charge in [-0.1, -0.05) is 121 Å². The topological polar surface area (TPSA) is 24.7 Å². The molecular formula is C43H32N2. The monoisotopic (exact) mass is 576 g/mol. The number of benzene rings is 6. The molecule has 2 nitrogen and oxygen atoms in total. The molecule has 0 aliphatic heterocycles. The van der Waals surface area contributed by atoms with Crippen molar-refractivity contribution < 1.29 is 0 Å². The zero-order valence-electron chi connectivity index (χ0n) is 25.5. The molecule has 0 fully saturated rings. The van der Waals surface area contributed by atoms with Crippen LogP contribution >= 0.6 is 0 Å². The molecule has 0 aromatic heterocycles. The van der Waals surface area contributed by atoms with E-state index < -0.39 is 0 Å². The molecule has 45 heavy (non-hydrogen) atoms. The molecule has 0 saturated carbocycles. The minimum absolute atomic E-state index is 0.911. The van der Waals surface area contributed by atoms with Crippen molar-refractivity contribution in [3.8, 4) is 11.1 Å². The number of para-hydroxylation sites is 2. The average molecular weight is 577 g/mol. The van der Waals surface area contributed by atoms with Crippen LogP contribution in [0, 0.1) is 13.8 Å². The maximum absolute atomic E-state index is 4.81. The minimum atomic E-state index is 0.911. The van der Waals surface area contributed by atoms with Gasteiger partial charge in [-0.25, -0.2) is 9.98 Å². The second kappa shape index (κ2) is 12.4. The third-order valence-electron chi connectivity index (χ3n) is 8.40. The van der Waals surface area contributed by atoms with E-state index in [-0.39, 0.29) is 0 Å². The molecule has 0 amide bonds. The maximum atomic E-state index is 4.81. The quantitative estimate of drug-likeness (QED) is 0.176. The van der Waals surface area contributed by atoms with Gasteiger partial charge in [0.15, 0.2) is 0 Å². The number of aryl methyl sites for hydroxylation is 2. The van der Waals surface area contributed by atoms with Crippen molar-refractivity contribution in [3.63, 3.8) is 0 Å². The van der Waals surface area contributed by atoms with E-state index in [1.807, 2.05) is 48.5 Å². The fourth-order valence-electron chi connectivity index (χ4n) is 5.89. The van der Waals surface area contributed by atoms with Crippen LogP contribution in [-0.4, -0.2) is 11.7 Å². The van der Waals surface area contributed by atoms with Gasteiger partial charge in [0, 0.05) is 0 Å². The third-order valence-corrected chi connectivity index (χ3v) is 8.40. The lowest BCUT2D eigenvalue weighted by Crippen LogP contribution is -1.92. The summed E-state index contributed by atoms with van der Waals surface area (Å²) in [6.45, 7) is 4.16. The van der Waals surface area contributed by atoms with Crippen molar-refractivity contribution in [2.75, 3.05) is 0 Å². The predicted molar refractivity (Wildman–Crippen MR) is 189 cm³/mol. The highest BCUT2D eigenvalue weighted by Crippen LogP contribution is 2.40. The SMILES string of the molecule is Cc1ccccc1N=C=C(c1ccccc1)c1ccc2c(c1)-c1cc(C(=C=Nc3ccccc3C)c3ccccc3)ccc1C2. The number of hydrogen-bond donors (Lipinski definition) is 0. The van der Waals surface area contributed by atoms with Crippen LogP contribution < -0.4 is 0 Å². The molecule has 6 aromatic carbocycles. The second-order valence-corrected chi connectivity index (χ2v) is 11.4. The Morgan fingerprint density at radius 3 is 1.27 bits per heavy atom. The molecule has 0 radical (unpaired) electrons. The first-order valence-electron chi connectivity index (χ1n) is 15.3. The lowest BCUT2D eigenvalue weighted by molar-refractivity contribution is 1.26. The fourth-order valence-corrected chi connectivity index (χ4v) is 5.89. The highest BCUT2D eigenvalue weighted by molar-refractivity contribution is 6.02. The molecule has 0 saturated heterocycles. The summed E-state index contributed by atoms with van der Waals surface area (Å²) >= 11 is 0. The second-order valence-electron chi connectivity index (χ2n) is 11.4. The van der Waals surface area contributed by atoms with Crippen LogP contribution in [-0.2, 0) is 6.42 Å². The van der Waals surface area contributed by atoms with Crippen LogP contribution in [0.2, 0.25) is 0 Å². The Morgan fingerprint density at radius 1 is 0.444 bits per heavy atom. The van der Waals surface area contributed by atoms with Gasteiger partial charge in [0.1, 0.15) is 0 Å². The van der Waals surface area contributed by atoms with E-state index in [4.69, 9.17) is 9.98 Å². The fraction of sp³-hybridized carbons (Fsp3) is 0.0698. The normalized spacial score (nSPS) is 11.1. The number of rotatable bonds is 6. The van der Waals surface area contributed by atoms with Crippen molar-refractivity contribution in [1.29, 1.82) is 0 Å². The van der Waals surface area contributed by atoms with Gasteiger partial charge >= 0.3 is 0 Å². The average Bonchev–Trinajstić information content (AvgIpc) is 3.45. The molecule has 0 atom stereocenters. The first-order chi connectivity index (χ1) is 22.1. The Balaban J connectivity index is 1.36. The van der Waals surface area contributed by atoms with E-state index in [1.165, 1.54) is 22.3 Å². The number of aliphatic imine (C=N–C) groups is 2. The maximum Gasteiger partial charge on any atom is 0.0759 e. The van der Waals surface area contributed by atoms with Gasteiger partial charge < -0.3 is 0 Å². The molecule has 1 aliphatic carbocycles. The highest BCUT2D eigenvalue weighted by atomic mass is 14.7. The van der Waals surface area contributed by atoms with E-state index >= 15 is 0 Å². The predicted octanol–water partition coefficient (Wildman–Crippen LogP) is 10.7. The summed E-state index contributed by atoms with van der Waals surface area (Å²) < 4.78 is 0. The molecule has 1 aliphatic rings. The zero-order valence-corrected chi connectivity index (χ0v) is 25.5. The van der Waals surface area contributed by atoms with Crippen molar-refractivity contribution in [2.45, 2.75) is 20.3 Å². The Bertz CT molecular complexity index is 2000. The molecule has 214 valence electrons. The van der Waals surface area contributed by atoms with Crippen LogP contribution in [0.25, 0.3) is 22.3 Å². The van der Waals surface area contributed by atoms with Crippen molar-refractivity contribution >= 4 is 34.3 Å². The summed E-state index contributed by atoms with van der Waals surface area (Å²) in [4.78, 5) is 9.62. The minimum Gasteiger partial charge on any atom is -0.205 e. The molecular weight excluding hydrogens is 544 g/mol. The van der Waals surface area contributed by atoms with Gasteiger partial charge in [0.25, 0.3) is 0 Å². The van der Waals surface area contributed by atoms with Gasteiger partial charge in [0.2, 0.25) is 0 Å². The van der Waals surface area contributed by atoms with Gasteiger partial charge in [-0.15, -0.1) is 0 Å². The van der Waals surface area contributed by atoms with Gasteiger partial charge in [-0.2, -0.15) is 0 Å². The van der Waals surface area contributed by atoms with Crippen LogP contribution in [0.4, 0.5) is 11.4 Å². The van der Waals surface area contributed by atoms with Crippen molar-refractivity contribution in [1.82, 2.24) is 0 Å². The number of nitrogens with zero attached hydrogens (tertiary/aromatic N) is 2. The van der Waals surface area contributed by atoms with Crippen LogP contribution in [0.1, 0.15) is 44.5 Å². The summed E-state index contributed by atoms with van der Waals surface area (Å²) in [5.74, 6) is 6.86. The summed E-state index contributed by atoms with van der Waals surface area (Å²) in [5, 5.41) is 0. The number of hydrogen-bond acceptors (Lipinski definition) is 2.